The fourth-order valence-corrected chi connectivity index (χ4v) is 13.2. The zero-order valence-corrected chi connectivity index (χ0v) is 17.2. The molecule has 0 amide bonds. The lowest BCUT2D eigenvalue weighted by Gasteiger charge is -2.29. The molecule has 0 unspecified atom stereocenters. The van der Waals surface area contributed by atoms with E-state index in [1.54, 1.807) is 10.4 Å². The van der Waals surface area contributed by atoms with Crippen LogP contribution in [0.3, 0.4) is 0 Å². The van der Waals surface area contributed by atoms with Crippen LogP contribution in [0.5, 0.6) is 0 Å². The quantitative estimate of drug-likeness (QED) is 0.332. The van der Waals surface area contributed by atoms with Gasteiger partial charge in [-0.15, -0.1) is 34.4 Å². The predicted molar refractivity (Wildman–Crippen MR) is 117 cm³/mol. The van der Waals surface area contributed by atoms with Crippen LogP contribution in [0.4, 0.5) is 0 Å². The first kappa shape index (κ1) is 15.6. The number of benzene rings is 2. The molecule has 0 spiro atoms. The minimum absolute atomic E-state index is 1.42. The van der Waals surface area contributed by atoms with Gasteiger partial charge < -0.3 is 0 Å². The van der Waals surface area contributed by atoms with Crippen LogP contribution in [0.15, 0.2) is 82.4 Å². The third kappa shape index (κ3) is 2.12. The Morgan fingerprint density at radius 2 is 1.40 bits per heavy atom. The van der Waals surface area contributed by atoms with E-state index in [2.05, 4.69) is 84.4 Å². The molecule has 0 N–H and O–H groups in total. The molecule has 0 saturated carbocycles. The highest BCUT2D eigenvalue weighted by Crippen LogP contribution is 2.39. The summed E-state index contributed by atoms with van der Waals surface area (Å²) in [5.74, 6) is 0. The van der Waals surface area contributed by atoms with Crippen molar-refractivity contribution < 1.29 is 0 Å². The van der Waals surface area contributed by atoms with E-state index in [1.807, 2.05) is 34.4 Å². The van der Waals surface area contributed by atoms with Crippen LogP contribution in [-0.2, 0) is 0 Å². The van der Waals surface area contributed by atoms with E-state index in [4.69, 9.17) is 0 Å². The molecule has 0 aliphatic carbocycles. The summed E-state index contributed by atoms with van der Waals surface area (Å²) in [6, 6.07) is 27.2. The summed E-state index contributed by atoms with van der Waals surface area (Å²) in [6.45, 7) is 0. The van der Waals surface area contributed by atoms with Gasteiger partial charge in [-0.3, -0.25) is 0 Å². The van der Waals surface area contributed by atoms with Gasteiger partial charge in [0, 0.05) is 9.75 Å². The Kier molecular flexibility index (Phi) is 3.75. The topological polar surface area (TPSA) is 0 Å². The first-order valence-electron chi connectivity index (χ1n) is 8.23. The van der Waals surface area contributed by atoms with Gasteiger partial charge in [0.05, 0.1) is 4.21 Å². The maximum Gasteiger partial charge on any atom is 0.182 e. The van der Waals surface area contributed by atoms with E-state index >= 15 is 0 Å². The highest BCUT2D eigenvalue weighted by molar-refractivity contribution is 8.00. The van der Waals surface area contributed by atoms with Crippen molar-refractivity contribution >= 4 is 63.3 Å². The molecule has 2 aromatic heterocycles. The lowest BCUT2D eigenvalue weighted by molar-refractivity contribution is 1.70. The van der Waals surface area contributed by atoms with Crippen LogP contribution in [0.1, 0.15) is 0 Å². The number of thiophene rings is 2. The average Bonchev–Trinajstić information content (AvgIpc) is 3.35. The van der Waals surface area contributed by atoms with Crippen molar-refractivity contribution in [2.75, 3.05) is 6.26 Å². The maximum atomic E-state index is 2.48. The Hall–Kier alpha value is -1.59. The molecule has 1 aliphatic heterocycles. The third-order valence-electron chi connectivity index (χ3n) is 5.00. The minimum Gasteiger partial charge on any atom is -0.143 e. The molecular weight excluding hydrogens is 377 g/mol. The van der Waals surface area contributed by atoms with E-state index < -0.39 is 8.07 Å². The van der Waals surface area contributed by atoms with Gasteiger partial charge in [-0.05, 0) is 38.4 Å². The summed E-state index contributed by atoms with van der Waals surface area (Å²) >= 11 is 5.74. The van der Waals surface area contributed by atoms with Crippen molar-refractivity contribution in [1.29, 1.82) is 0 Å². The highest BCUT2D eigenvalue weighted by Gasteiger charge is 2.50. The van der Waals surface area contributed by atoms with E-state index in [0.29, 0.717) is 0 Å². The number of hydrogen-bond acceptors (Lipinski definition) is 3. The standard InChI is InChI=1S/C21H16S3Si/c1-22-19-14-18-21(24-19)20-17(12-13-23-20)25(18,15-8-4-2-5-9-15)16-10-6-3-7-11-16/h2-14H,1H3. The highest BCUT2D eigenvalue weighted by atomic mass is 32.2. The zero-order chi connectivity index (χ0) is 16.9. The first-order chi connectivity index (χ1) is 12.4. The van der Waals surface area contributed by atoms with E-state index in [0.717, 1.165) is 0 Å². The van der Waals surface area contributed by atoms with Crippen molar-refractivity contribution in [2.45, 2.75) is 4.21 Å². The molecule has 0 nitrogen and oxygen atoms in total. The summed E-state index contributed by atoms with van der Waals surface area (Å²) in [6.07, 6.45) is 2.19. The van der Waals surface area contributed by atoms with Crippen LogP contribution in [-0.4, -0.2) is 14.3 Å². The molecule has 3 heterocycles. The molecule has 0 bridgehead atoms. The maximum absolute atomic E-state index is 2.48. The van der Waals surface area contributed by atoms with Gasteiger partial charge in [-0.1, -0.05) is 66.7 Å². The molecule has 4 aromatic rings. The van der Waals surface area contributed by atoms with Gasteiger partial charge in [-0.2, -0.15) is 0 Å². The Morgan fingerprint density at radius 1 is 0.760 bits per heavy atom. The SMILES string of the molecule is CSc1cc2c(s1)-c1sccc1[Si]2(c1ccccc1)c1ccccc1. The molecule has 1 aliphatic rings. The Bertz CT molecular complexity index is 992. The Labute approximate surface area is 161 Å². The lowest BCUT2D eigenvalue weighted by atomic mass is 10.4. The summed E-state index contributed by atoms with van der Waals surface area (Å²) in [4.78, 5) is 3.01. The number of thioether (sulfide) groups is 1. The second kappa shape index (κ2) is 5.99. The molecule has 25 heavy (non-hydrogen) atoms. The Balaban J connectivity index is 1.94. The van der Waals surface area contributed by atoms with Crippen molar-refractivity contribution in [3.63, 3.8) is 0 Å². The molecule has 2 aromatic carbocycles. The summed E-state index contributed by atoms with van der Waals surface area (Å²) < 4.78 is 1.42. The molecule has 0 saturated heterocycles. The fourth-order valence-electron chi connectivity index (χ4n) is 4.01. The third-order valence-corrected chi connectivity index (χ3v) is 13.5. The van der Waals surface area contributed by atoms with Gasteiger partial charge >= 0.3 is 0 Å². The van der Waals surface area contributed by atoms with Crippen molar-refractivity contribution in [3.8, 4) is 9.75 Å². The molecule has 0 radical (unpaired) electrons. The average molecular weight is 393 g/mol. The molecular formula is C21H16S3Si. The van der Waals surface area contributed by atoms with Gasteiger partial charge in [0.2, 0.25) is 0 Å². The molecule has 0 fully saturated rings. The second-order valence-corrected chi connectivity index (χ2v) is 13.0. The van der Waals surface area contributed by atoms with Crippen LogP contribution < -0.4 is 20.7 Å². The van der Waals surface area contributed by atoms with E-state index in [1.165, 1.54) is 24.3 Å². The van der Waals surface area contributed by atoms with Crippen LogP contribution in [0.25, 0.3) is 9.75 Å². The largest absolute Gasteiger partial charge is 0.182 e. The van der Waals surface area contributed by atoms with Crippen molar-refractivity contribution in [1.82, 2.24) is 0 Å². The summed E-state index contributed by atoms with van der Waals surface area (Å²) in [7, 11) is -2.16. The van der Waals surface area contributed by atoms with Crippen LogP contribution in [0.2, 0.25) is 0 Å². The Morgan fingerprint density at radius 3 is 2.00 bits per heavy atom. The van der Waals surface area contributed by atoms with E-state index in [9.17, 15) is 0 Å². The molecule has 4 heteroatoms. The predicted octanol–water partition coefficient (Wildman–Crippen LogP) is 3.89. The molecule has 0 atom stereocenters. The van der Waals surface area contributed by atoms with Gasteiger partial charge in [-0.25, -0.2) is 0 Å². The molecule has 5 rings (SSSR count). The van der Waals surface area contributed by atoms with Crippen molar-refractivity contribution in [3.05, 3.63) is 78.2 Å². The monoisotopic (exact) mass is 392 g/mol. The van der Waals surface area contributed by atoms with Crippen LogP contribution >= 0.6 is 34.4 Å². The normalized spacial score (nSPS) is 14.3. The fraction of sp³-hybridized carbons (Fsp3) is 0.0476. The van der Waals surface area contributed by atoms with Crippen molar-refractivity contribution in [2.24, 2.45) is 0 Å². The zero-order valence-electron chi connectivity index (χ0n) is 13.7. The summed E-state index contributed by atoms with van der Waals surface area (Å²) in [5, 5.41) is 8.42. The molecule has 122 valence electrons. The minimum atomic E-state index is -2.16. The summed E-state index contributed by atoms with van der Waals surface area (Å²) in [5.41, 5.74) is 0. The lowest BCUT2D eigenvalue weighted by Crippen LogP contribution is -2.72. The van der Waals surface area contributed by atoms with Gasteiger partial charge in [0.15, 0.2) is 8.07 Å². The number of rotatable bonds is 3. The van der Waals surface area contributed by atoms with Crippen LogP contribution in [0, 0.1) is 0 Å². The van der Waals surface area contributed by atoms with Gasteiger partial charge in [0.25, 0.3) is 0 Å². The van der Waals surface area contributed by atoms with Gasteiger partial charge in [0.1, 0.15) is 0 Å². The smallest absolute Gasteiger partial charge is 0.143 e. The number of hydrogen-bond donors (Lipinski definition) is 0. The first-order valence-corrected chi connectivity index (χ1v) is 13.2. The second-order valence-electron chi connectivity index (χ2n) is 6.16. The number of fused-ring (bicyclic) bond motifs is 3. The van der Waals surface area contributed by atoms with E-state index in [-0.39, 0.29) is 0 Å².